The highest BCUT2D eigenvalue weighted by molar-refractivity contribution is 5.60. The van der Waals surface area contributed by atoms with Crippen LogP contribution in [0.4, 0.5) is 8.78 Å². The van der Waals surface area contributed by atoms with Gasteiger partial charge in [0, 0.05) is 11.6 Å². The molecule has 84 valence electrons. The van der Waals surface area contributed by atoms with Crippen LogP contribution >= 0.6 is 0 Å². The molecule has 3 rings (SSSR count). The lowest BCUT2D eigenvalue weighted by atomic mass is 10.1. The van der Waals surface area contributed by atoms with Crippen molar-refractivity contribution in [2.75, 3.05) is 0 Å². The van der Waals surface area contributed by atoms with E-state index < -0.39 is 11.6 Å². The first-order chi connectivity index (χ1) is 8.24. The Morgan fingerprint density at radius 1 is 1.12 bits per heavy atom. The van der Waals surface area contributed by atoms with Crippen molar-refractivity contribution in [1.29, 1.82) is 0 Å². The Bertz CT molecular complexity index is 693. The molecule has 4 nitrogen and oxygen atoms in total. The number of hydrogen-bond acceptors (Lipinski definition) is 3. The zero-order valence-corrected chi connectivity index (χ0v) is 8.51. The SMILES string of the molecule is Fc1ccc(-c2cn3ncnc3cn2)c(F)c1. The molecular formula is C11H6F2N4. The Kier molecular flexibility index (Phi) is 2.07. The van der Waals surface area contributed by atoms with Crippen LogP contribution in [0, 0.1) is 11.6 Å². The average Bonchev–Trinajstić information content (AvgIpc) is 2.75. The van der Waals surface area contributed by atoms with Crippen molar-refractivity contribution in [1.82, 2.24) is 19.6 Å². The number of benzene rings is 1. The fourth-order valence-electron chi connectivity index (χ4n) is 1.56. The van der Waals surface area contributed by atoms with Gasteiger partial charge in [-0.15, -0.1) is 0 Å². The fraction of sp³-hybridized carbons (Fsp3) is 0. The molecule has 0 aliphatic rings. The lowest BCUT2D eigenvalue weighted by Crippen LogP contribution is -1.94. The summed E-state index contributed by atoms with van der Waals surface area (Å²) in [6.45, 7) is 0. The molecule has 0 atom stereocenters. The highest BCUT2D eigenvalue weighted by Crippen LogP contribution is 2.21. The first-order valence-corrected chi connectivity index (χ1v) is 4.85. The Morgan fingerprint density at radius 2 is 2.00 bits per heavy atom. The second-order valence-corrected chi connectivity index (χ2v) is 3.46. The van der Waals surface area contributed by atoms with Gasteiger partial charge in [0.05, 0.1) is 18.1 Å². The minimum Gasteiger partial charge on any atom is -0.251 e. The molecule has 0 aliphatic heterocycles. The maximum Gasteiger partial charge on any atom is 0.173 e. The summed E-state index contributed by atoms with van der Waals surface area (Å²) in [7, 11) is 0. The molecule has 3 aromatic rings. The predicted octanol–water partition coefficient (Wildman–Crippen LogP) is 2.07. The van der Waals surface area contributed by atoms with Gasteiger partial charge in [-0.1, -0.05) is 0 Å². The van der Waals surface area contributed by atoms with E-state index in [-0.39, 0.29) is 5.56 Å². The standard InChI is InChI=1S/C11H6F2N4/c12-7-1-2-8(9(13)3-7)10-5-17-11(4-14-10)15-6-16-17/h1-6H. The highest BCUT2D eigenvalue weighted by Gasteiger charge is 2.08. The molecule has 2 aromatic heterocycles. The summed E-state index contributed by atoms with van der Waals surface area (Å²) >= 11 is 0. The minimum absolute atomic E-state index is 0.226. The Labute approximate surface area is 94.6 Å². The van der Waals surface area contributed by atoms with E-state index in [0.29, 0.717) is 11.3 Å². The molecular weight excluding hydrogens is 226 g/mol. The van der Waals surface area contributed by atoms with E-state index in [0.717, 1.165) is 6.07 Å². The highest BCUT2D eigenvalue weighted by atomic mass is 19.1. The van der Waals surface area contributed by atoms with Gasteiger partial charge in [0.2, 0.25) is 0 Å². The van der Waals surface area contributed by atoms with Crippen LogP contribution in [0.2, 0.25) is 0 Å². The van der Waals surface area contributed by atoms with Crippen LogP contribution in [-0.2, 0) is 0 Å². The van der Waals surface area contributed by atoms with E-state index in [1.807, 2.05) is 0 Å². The number of hydrogen-bond donors (Lipinski definition) is 0. The second kappa shape index (κ2) is 3.58. The van der Waals surface area contributed by atoms with Crippen molar-refractivity contribution in [3.8, 4) is 11.3 Å². The summed E-state index contributed by atoms with van der Waals surface area (Å²) in [5.74, 6) is -1.27. The van der Waals surface area contributed by atoms with Crippen molar-refractivity contribution >= 4 is 5.65 Å². The average molecular weight is 232 g/mol. The monoisotopic (exact) mass is 232 g/mol. The van der Waals surface area contributed by atoms with Crippen molar-refractivity contribution < 1.29 is 8.78 Å². The predicted molar refractivity (Wildman–Crippen MR) is 56.1 cm³/mol. The molecule has 0 saturated carbocycles. The largest absolute Gasteiger partial charge is 0.251 e. The van der Waals surface area contributed by atoms with Crippen molar-refractivity contribution in [3.63, 3.8) is 0 Å². The van der Waals surface area contributed by atoms with Crippen LogP contribution in [0.1, 0.15) is 0 Å². The van der Waals surface area contributed by atoms with Crippen LogP contribution in [0.5, 0.6) is 0 Å². The van der Waals surface area contributed by atoms with Crippen LogP contribution in [0.3, 0.4) is 0 Å². The summed E-state index contributed by atoms with van der Waals surface area (Å²) in [5.41, 5.74) is 1.17. The smallest absolute Gasteiger partial charge is 0.173 e. The minimum atomic E-state index is -0.656. The molecule has 0 aliphatic carbocycles. The third-order valence-corrected chi connectivity index (χ3v) is 2.37. The molecule has 6 heteroatoms. The molecule has 0 amide bonds. The molecule has 0 N–H and O–H groups in total. The lowest BCUT2D eigenvalue weighted by molar-refractivity contribution is 0.585. The van der Waals surface area contributed by atoms with Crippen LogP contribution in [0.25, 0.3) is 16.9 Å². The van der Waals surface area contributed by atoms with Crippen LogP contribution in [-0.4, -0.2) is 19.6 Å². The second-order valence-electron chi connectivity index (χ2n) is 3.46. The quantitative estimate of drug-likeness (QED) is 0.645. The van der Waals surface area contributed by atoms with E-state index >= 15 is 0 Å². The fourth-order valence-corrected chi connectivity index (χ4v) is 1.56. The number of nitrogens with zero attached hydrogens (tertiary/aromatic N) is 4. The van der Waals surface area contributed by atoms with Gasteiger partial charge >= 0.3 is 0 Å². The van der Waals surface area contributed by atoms with E-state index in [4.69, 9.17) is 0 Å². The topological polar surface area (TPSA) is 43.1 Å². The van der Waals surface area contributed by atoms with Gasteiger partial charge in [-0.2, -0.15) is 5.10 Å². The molecule has 0 unspecified atom stereocenters. The molecule has 0 radical (unpaired) electrons. The first-order valence-electron chi connectivity index (χ1n) is 4.85. The summed E-state index contributed by atoms with van der Waals surface area (Å²) in [4.78, 5) is 7.98. The molecule has 0 spiro atoms. The van der Waals surface area contributed by atoms with Gasteiger partial charge in [0.1, 0.15) is 18.0 Å². The number of aromatic nitrogens is 4. The molecule has 17 heavy (non-hydrogen) atoms. The Hall–Kier alpha value is -2.37. The normalized spacial score (nSPS) is 10.9. The van der Waals surface area contributed by atoms with E-state index in [2.05, 4.69) is 15.1 Å². The summed E-state index contributed by atoms with van der Waals surface area (Å²) < 4.78 is 27.8. The molecule has 1 aromatic carbocycles. The van der Waals surface area contributed by atoms with Crippen molar-refractivity contribution in [2.45, 2.75) is 0 Å². The first kappa shape index (κ1) is 9.83. The zero-order chi connectivity index (χ0) is 11.8. The van der Waals surface area contributed by atoms with Gasteiger partial charge in [0.25, 0.3) is 0 Å². The van der Waals surface area contributed by atoms with Gasteiger partial charge < -0.3 is 0 Å². The summed E-state index contributed by atoms with van der Waals surface area (Å²) in [6, 6.07) is 3.35. The molecule has 0 fully saturated rings. The van der Waals surface area contributed by atoms with Gasteiger partial charge in [-0.05, 0) is 12.1 Å². The molecule has 0 bridgehead atoms. The summed E-state index contributed by atoms with van der Waals surface area (Å²) in [6.07, 6.45) is 4.39. The third kappa shape index (κ3) is 1.63. The van der Waals surface area contributed by atoms with E-state index in [1.54, 1.807) is 6.20 Å². The van der Waals surface area contributed by atoms with E-state index in [1.165, 1.54) is 29.2 Å². The number of rotatable bonds is 1. The summed E-state index contributed by atoms with van der Waals surface area (Å²) in [5, 5.41) is 3.92. The van der Waals surface area contributed by atoms with Crippen LogP contribution in [0.15, 0.2) is 36.9 Å². The maximum atomic E-state index is 13.5. The van der Waals surface area contributed by atoms with E-state index in [9.17, 15) is 8.78 Å². The van der Waals surface area contributed by atoms with Crippen molar-refractivity contribution in [2.24, 2.45) is 0 Å². The molecule has 2 heterocycles. The number of halogens is 2. The van der Waals surface area contributed by atoms with Gasteiger partial charge in [-0.3, -0.25) is 4.98 Å². The van der Waals surface area contributed by atoms with Gasteiger partial charge in [0.15, 0.2) is 5.65 Å². The molecule has 0 saturated heterocycles. The van der Waals surface area contributed by atoms with Crippen LogP contribution < -0.4 is 0 Å². The lowest BCUT2D eigenvalue weighted by Gasteiger charge is -2.02. The van der Waals surface area contributed by atoms with Crippen molar-refractivity contribution in [3.05, 3.63) is 48.6 Å². The third-order valence-electron chi connectivity index (χ3n) is 2.37. The maximum absolute atomic E-state index is 13.5. The Morgan fingerprint density at radius 3 is 2.82 bits per heavy atom. The zero-order valence-electron chi connectivity index (χ0n) is 8.51. The number of fused-ring (bicyclic) bond motifs is 1. The van der Waals surface area contributed by atoms with Gasteiger partial charge in [-0.25, -0.2) is 18.3 Å². The Balaban J connectivity index is 2.19.